The summed E-state index contributed by atoms with van der Waals surface area (Å²) in [6.07, 6.45) is -0.0519. The van der Waals surface area contributed by atoms with E-state index in [0.29, 0.717) is 11.5 Å². The molecule has 3 aromatic rings. The van der Waals surface area contributed by atoms with E-state index in [0.717, 1.165) is 5.56 Å². The van der Waals surface area contributed by atoms with E-state index in [1.165, 1.54) is 0 Å². The molecule has 0 aliphatic rings. The fraction of sp³-hybridized carbons (Fsp3) is 0.227. The second-order valence-corrected chi connectivity index (χ2v) is 6.97. The molecule has 0 aliphatic carbocycles. The molecule has 160 valence electrons. The van der Waals surface area contributed by atoms with Crippen LogP contribution in [-0.2, 0) is 16.1 Å². The molecule has 0 aliphatic heterocycles. The second-order valence-electron chi connectivity index (χ2n) is 6.97. The summed E-state index contributed by atoms with van der Waals surface area (Å²) in [6.45, 7) is -0.152. The van der Waals surface area contributed by atoms with Crippen molar-refractivity contribution in [3.8, 4) is 0 Å². The third kappa shape index (κ3) is 6.23. The average molecular weight is 420 g/mol. The molecule has 0 unspecified atom stereocenters. The van der Waals surface area contributed by atoms with Crippen LogP contribution in [0, 0.1) is 0 Å². The molecular formula is C22H24N6O3. The second kappa shape index (κ2) is 10.1. The number of nitrogen functional groups attached to an aromatic ring is 1. The summed E-state index contributed by atoms with van der Waals surface area (Å²) in [5.74, 6) is -0.122. The Kier molecular flexibility index (Phi) is 7.10. The number of anilines is 2. The maximum atomic E-state index is 12.6. The zero-order valence-electron chi connectivity index (χ0n) is 17.4. The van der Waals surface area contributed by atoms with E-state index in [2.05, 4.69) is 20.3 Å². The van der Waals surface area contributed by atoms with Crippen molar-refractivity contribution in [2.75, 3.05) is 24.7 Å². The SMILES string of the molecule is CN(C)c1nc(N)nc(COC(=O)C[C@H](NC(=O)c2ccccc2)c2ccccc2)n1. The number of rotatable bonds is 8. The van der Waals surface area contributed by atoms with E-state index < -0.39 is 12.0 Å². The van der Waals surface area contributed by atoms with Crippen LogP contribution in [0.15, 0.2) is 60.7 Å². The lowest BCUT2D eigenvalue weighted by Crippen LogP contribution is -2.30. The van der Waals surface area contributed by atoms with Gasteiger partial charge in [-0.3, -0.25) is 9.59 Å². The highest BCUT2D eigenvalue weighted by molar-refractivity contribution is 5.94. The van der Waals surface area contributed by atoms with Crippen LogP contribution in [0.2, 0.25) is 0 Å². The Morgan fingerprint density at radius 2 is 1.65 bits per heavy atom. The summed E-state index contributed by atoms with van der Waals surface area (Å²) in [5.41, 5.74) is 7.00. The molecule has 1 amide bonds. The molecule has 0 spiro atoms. The van der Waals surface area contributed by atoms with Gasteiger partial charge >= 0.3 is 5.97 Å². The summed E-state index contributed by atoms with van der Waals surface area (Å²) >= 11 is 0. The number of hydrogen-bond donors (Lipinski definition) is 2. The lowest BCUT2D eigenvalue weighted by Gasteiger charge is -2.19. The molecule has 9 nitrogen and oxygen atoms in total. The van der Waals surface area contributed by atoms with Crippen LogP contribution < -0.4 is 16.0 Å². The quantitative estimate of drug-likeness (QED) is 0.531. The normalized spacial score (nSPS) is 11.4. The van der Waals surface area contributed by atoms with Crippen LogP contribution in [0.1, 0.15) is 34.2 Å². The summed E-state index contributed by atoms with van der Waals surface area (Å²) in [7, 11) is 3.54. The number of amides is 1. The lowest BCUT2D eigenvalue weighted by molar-refractivity contribution is -0.145. The van der Waals surface area contributed by atoms with E-state index in [1.807, 2.05) is 36.4 Å². The molecule has 9 heteroatoms. The minimum Gasteiger partial charge on any atom is -0.457 e. The third-order valence-corrected chi connectivity index (χ3v) is 4.36. The predicted molar refractivity (Wildman–Crippen MR) is 116 cm³/mol. The van der Waals surface area contributed by atoms with Gasteiger partial charge in [-0.2, -0.15) is 15.0 Å². The zero-order valence-corrected chi connectivity index (χ0v) is 17.4. The van der Waals surface area contributed by atoms with Gasteiger partial charge in [-0.25, -0.2) is 0 Å². The number of nitrogens with zero attached hydrogens (tertiary/aromatic N) is 4. The van der Waals surface area contributed by atoms with Gasteiger partial charge in [0.05, 0.1) is 12.5 Å². The van der Waals surface area contributed by atoms with Crippen LogP contribution in [-0.4, -0.2) is 40.9 Å². The fourth-order valence-electron chi connectivity index (χ4n) is 2.83. The van der Waals surface area contributed by atoms with Crippen LogP contribution in [0.25, 0.3) is 0 Å². The molecule has 2 aromatic carbocycles. The number of nitrogens with two attached hydrogens (primary N) is 1. The molecule has 31 heavy (non-hydrogen) atoms. The number of aromatic nitrogens is 3. The summed E-state index contributed by atoms with van der Waals surface area (Å²) in [5, 5.41) is 2.90. The smallest absolute Gasteiger partial charge is 0.308 e. The Morgan fingerprint density at radius 1 is 1.00 bits per heavy atom. The van der Waals surface area contributed by atoms with Crippen molar-refractivity contribution >= 4 is 23.8 Å². The standard InChI is InChI=1S/C22H24N6O3/c1-28(2)22-26-18(25-21(23)27-22)14-31-19(29)13-17(15-9-5-3-6-10-15)24-20(30)16-11-7-4-8-12-16/h3-12,17H,13-14H2,1-2H3,(H,24,30)(H2,23,25,26,27)/t17-/m0/s1. The van der Waals surface area contributed by atoms with Crippen LogP contribution >= 0.6 is 0 Å². The Labute approximate surface area is 180 Å². The van der Waals surface area contributed by atoms with Crippen molar-refractivity contribution in [2.24, 2.45) is 0 Å². The minimum absolute atomic E-state index is 0.0436. The summed E-state index contributed by atoms with van der Waals surface area (Å²) < 4.78 is 5.34. The molecule has 0 fully saturated rings. The van der Waals surface area contributed by atoms with E-state index in [9.17, 15) is 9.59 Å². The first-order valence-electron chi connectivity index (χ1n) is 9.66. The first kappa shape index (κ1) is 21.7. The van der Waals surface area contributed by atoms with Crippen LogP contribution in [0.4, 0.5) is 11.9 Å². The molecule has 3 rings (SSSR count). The van der Waals surface area contributed by atoms with Gasteiger partial charge in [-0.05, 0) is 17.7 Å². The molecule has 1 atom stereocenters. The summed E-state index contributed by atoms with van der Waals surface area (Å²) in [4.78, 5) is 39.0. The fourth-order valence-corrected chi connectivity index (χ4v) is 2.83. The highest BCUT2D eigenvalue weighted by Crippen LogP contribution is 2.19. The topological polar surface area (TPSA) is 123 Å². The highest BCUT2D eigenvalue weighted by Gasteiger charge is 2.20. The van der Waals surface area contributed by atoms with Crippen molar-refractivity contribution in [1.29, 1.82) is 0 Å². The number of carbonyl (C=O) groups excluding carboxylic acids is 2. The molecule has 1 heterocycles. The van der Waals surface area contributed by atoms with Crippen LogP contribution in [0.5, 0.6) is 0 Å². The van der Waals surface area contributed by atoms with Gasteiger partial charge in [0.2, 0.25) is 11.9 Å². The number of hydrogen-bond acceptors (Lipinski definition) is 8. The molecule has 0 bridgehead atoms. The first-order valence-corrected chi connectivity index (χ1v) is 9.66. The Balaban J connectivity index is 1.68. The third-order valence-electron chi connectivity index (χ3n) is 4.36. The van der Waals surface area contributed by atoms with Crippen molar-refractivity contribution in [2.45, 2.75) is 19.1 Å². The van der Waals surface area contributed by atoms with Crippen molar-refractivity contribution in [1.82, 2.24) is 20.3 Å². The molecule has 0 radical (unpaired) electrons. The zero-order chi connectivity index (χ0) is 22.2. The maximum Gasteiger partial charge on any atom is 0.308 e. The van der Waals surface area contributed by atoms with Gasteiger partial charge in [-0.1, -0.05) is 48.5 Å². The summed E-state index contributed by atoms with van der Waals surface area (Å²) in [6, 6.07) is 17.5. The van der Waals surface area contributed by atoms with Gasteiger partial charge < -0.3 is 20.7 Å². The number of carbonyl (C=O) groups is 2. The van der Waals surface area contributed by atoms with Gasteiger partial charge in [0.15, 0.2) is 12.4 Å². The Hall–Kier alpha value is -4.01. The number of esters is 1. The van der Waals surface area contributed by atoms with E-state index in [-0.39, 0.29) is 30.7 Å². The highest BCUT2D eigenvalue weighted by atomic mass is 16.5. The molecule has 1 aromatic heterocycles. The Bertz CT molecular complexity index is 1030. The van der Waals surface area contributed by atoms with Crippen molar-refractivity contribution in [3.05, 3.63) is 77.6 Å². The lowest BCUT2D eigenvalue weighted by atomic mass is 10.0. The molecule has 0 saturated heterocycles. The van der Waals surface area contributed by atoms with Crippen molar-refractivity contribution < 1.29 is 14.3 Å². The molecule has 3 N–H and O–H groups in total. The maximum absolute atomic E-state index is 12.6. The van der Waals surface area contributed by atoms with E-state index in [4.69, 9.17) is 10.5 Å². The number of ether oxygens (including phenoxy) is 1. The monoisotopic (exact) mass is 420 g/mol. The number of nitrogens with one attached hydrogen (secondary N) is 1. The van der Waals surface area contributed by atoms with E-state index in [1.54, 1.807) is 43.3 Å². The predicted octanol–water partition coefficient (Wildman–Crippen LogP) is 2.12. The van der Waals surface area contributed by atoms with Gasteiger partial charge in [0.25, 0.3) is 5.91 Å². The van der Waals surface area contributed by atoms with Crippen molar-refractivity contribution in [3.63, 3.8) is 0 Å². The van der Waals surface area contributed by atoms with Gasteiger partial charge in [0.1, 0.15) is 0 Å². The Morgan fingerprint density at radius 3 is 2.29 bits per heavy atom. The first-order chi connectivity index (χ1) is 14.9. The largest absolute Gasteiger partial charge is 0.457 e. The van der Waals surface area contributed by atoms with Gasteiger partial charge in [-0.15, -0.1) is 0 Å². The van der Waals surface area contributed by atoms with Crippen LogP contribution in [0.3, 0.4) is 0 Å². The molecule has 0 saturated carbocycles. The average Bonchev–Trinajstić information content (AvgIpc) is 2.78. The molecular weight excluding hydrogens is 396 g/mol. The van der Waals surface area contributed by atoms with Gasteiger partial charge in [0, 0.05) is 19.7 Å². The number of benzene rings is 2. The van der Waals surface area contributed by atoms with E-state index >= 15 is 0 Å². The minimum atomic E-state index is -0.554.